The van der Waals surface area contributed by atoms with Crippen LogP contribution in [-0.4, -0.2) is 43.9 Å². The van der Waals surface area contributed by atoms with Gasteiger partial charge in [0.25, 0.3) is 0 Å². The zero-order valence-electron chi connectivity index (χ0n) is 18.3. The number of rotatable bonds is 9. The second-order valence-corrected chi connectivity index (χ2v) is 8.06. The standard InChI is InChI=1S/C22H31F3N2O4/c1-4-30-20(28)14-31-17-10-11-19(18(12-17)26-21(29)22(23,24)25)27(13-15(2)3)16-8-6-5-7-9-16/h10-12,15-16H,4-9,13-14H2,1-3H3,(H,26,29). The van der Waals surface area contributed by atoms with E-state index in [-0.39, 0.29) is 36.6 Å². The summed E-state index contributed by atoms with van der Waals surface area (Å²) in [5, 5.41) is 1.99. The molecule has 0 atom stereocenters. The fourth-order valence-electron chi connectivity index (χ4n) is 3.72. The van der Waals surface area contributed by atoms with Crippen LogP contribution in [0.5, 0.6) is 5.75 Å². The summed E-state index contributed by atoms with van der Waals surface area (Å²) in [5.74, 6) is -2.20. The molecule has 0 saturated heterocycles. The summed E-state index contributed by atoms with van der Waals surface area (Å²) in [6.45, 7) is 6.20. The number of ether oxygens (including phenoxy) is 2. The van der Waals surface area contributed by atoms with Gasteiger partial charge in [-0.3, -0.25) is 4.79 Å². The van der Waals surface area contributed by atoms with Crippen molar-refractivity contribution in [3.05, 3.63) is 18.2 Å². The average molecular weight is 444 g/mol. The summed E-state index contributed by atoms with van der Waals surface area (Å²) in [6.07, 6.45) is 0.132. The molecular weight excluding hydrogens is 413 g/mol. The third kappa shape index (κ3) is 7.63. The van der Waals surface area contributed by atoms with Gasteiger partial charge in [0.2, 0.25) is 0 Å². The number of benzene rings is 1. The van der Waals surface area contributed by atoms with Crippen LogP contribution in [0.4, 0.5) is 24.5 Å². The van der Waals surface area contributed by atoms with Gasteiger partial charge in [-0.25, -0.2) is 4.79 Å². The first-order chi connectivity index (χ1) is 14.6. The number of nitrogens with zero attached hydrogens (tertiary/aromatic N) is 1. The van der Waals surface area contributed by atoms with E-state index >= 15 is 0 Å². The van der Waals surface area contributed by atoms with E-state index in [0.29, 0.717) is 12.2 Å². The highest BCUT2D eigenvalue weighted by atomic mass is 19.4. The molecular formula is C22H31F3N2O4. The van der Waals surface area contributed by atoms with Crippen LogP contribution >= 0.6 is 0 Å². The molecule has 1 aliphatic carbocycles. The topological polar surface area (TPSA) is 67.9 Å². The molecule has 31 heavy (non-hydrogen) atoms. The van der Waals surface area contributed by atoms with E-state index in [1.807, 2.05) is 19.2 Å². The van der Waals surface area contributed by atoms with E-state index in [0.717, 1.165) is 32.1 Å². The number of hydrogen-bond donors (Lipinski definition) is 1. The minimum Gasteiger partial charge on any atom is -0.482 e. The van der Waals surface area contributed by atoms with Crippen LogP contribution in [0.15, 0.2) is 18.2 Å². The Hall–Kier alpha value is -2.45. The van der Waals surface area contributed by atoms with E-state index in [1.165, 1.54) is 6.07 Å². The summed E-state index contributed by atoms with van der Waals surface area (Å²) >= 11 is 0. The lowest BCUT2D eigenvalue weighted by molar-refractivity contribution is -0.167. The van der Waals surface area contributed by atoms with Crippen molar-refractivity contribution in [2.24, 2.45) is 5.92 Å². The maximum Gasteiger partial charge on any atom is 0.471 e. The van der Waals surface area contributed by atoms with Gasteiger partial charge in [-0.2, -0.15) is 13.2 Å². The Balaban J connectivity index is 2.37. The van der Waals surface area contributed by atoms with Crippen molar-refractivity contribution in [2.75, 3.05) is 30.0 Å². The third-order valence-corrected chi connectivity index (χ3v) is 5.02. The Labute approximate surface area is 181 Å². The number of amides is 1. The molecule has 1 aromatic rings. The summed E-state index contributed by atoms with van der Waals surface area (Å²) < 4.78 is 49.0. The number of nitrogens with one attached hydrogen (secondary N) is 1. The molecule has 0 unspecified atom stereocenters. The zero-order chi connectivity index (χ0) is 23.0. The smallest absolute Gasteiger partial charge is 0.471 e. The number of esters is 1. The molecule has 0 aromatic heterocycles. The molecule has 6 nitrogen and oxygen atoms in total. The van der Waals surface area contributed by atoms with Crippen molar-refractivity contribution in [3.63, 3.8) is 0 Å². The molecule has 1 aromatic carbocycles. The lowest BCUT2D eigenvalue weighted by atomic mass is 9.93. The van der Waals surface area contributed by atoms with Crippen molar-refractivity contribution >= 4 is 23.3 Å². The molecule has 1 aliphatic rings. The van der Waals surface area contributed by atoms with Gasteiger partial charge in [0.1, 0.15) is 5.75 Å². The van der Waals surface area contributed by atoms with E-state index < -0.39 is 18.1 Å². The van der Waals surface area contributed by atoms with Gasteiger partial charge >= 0.3 is 18.1 Å². The molecule has 0 heterocycles. The molecule has 1 N–H and O–H groups in total. The van der Waals surface area contributed by atoms with Crippen LogP contribution in [0.25, 0.3) is 0 Å². The van der Waals surface area contributed by atoms with Crippen LogP contribution in [0.1, 0.15) is 52.9 Å². The van der Waals surface area contributed by atoms with E-state index in [1.54, 1.807) is 19.1 Å². The minimum absolute atomic E-state index is 0.00917. The lowest BCUT2D eigenvalue weighted by Crippen LogP contribution is -2.40. The molecule has 1 fully saturated rings. The molecule has 2 rings (SSSR count). The van der Waals surface area contributed by atoms with Gasteiger partial charge in [0.05, 0.1) is 18.0 Å². The SMILES string of the molecule is CCOC(=O)COc1ccc(N(CC(C)C)C2CCCCC2)c(NC(=O)C(F)(F)F)c1. The first kappa shape index (κ1) is 24.8. The molecule has 0 aliphatic heterocycles. The minimum atomic E-state index is -5.02. The summed E-state index contributed by atoms with van der Waals surface area (Å²) in [4.78, 5) is 25.3. The van der Waals surface area contributed by atoms with Crippen LogP contribution < -0.4 is 15.0 Å². The zero-order valence-corrected chi connectivity index (χ0v) is 18.3. The summed E-state index contributed by atoms with van der Waals surface area (Å²) in [5.41, 5.74) is 0.525. The van der Waals surface area contributed by atoms with Gasteiger partial charge in [0.15, 0.2) is 6.61 Å². The van der Waals surface area contributed by atoms with Crippen LogP contribution in [-0.2, 0) is 14.3 Å². The number of carbonyl (C=O) groups is 2. The van der Waals surface area contributed by atoms with Gasteiger partial charge in [-0.1, -0.05) is 33.1 Å². The number of halogens is 3. The van der Waals surface area contributed by atoms with Crippen molar-refractivity contribution in [2.45, 2.75) is 65.1 Å². The number of hydrogen-bond acceptors (Lipinski definition) is 5. The highest BCUT2D eigenvalue weighted by Gasteiger charge is 2.39. The molecule has 174 valence electrons. The number of carbonyl (C=O) groups excluding carboxylic acids is 2. The average Bonchev–Trinajstić information content (AvgIpc) is 2.71. The van der Waals surface area contributed by atoms with Crippen LogP contribution in [0.3, 0.4) is 0 Å². The highest BCUT2D eigenvalue weighted by Crippen LogP contribution is 2.36. The summed E-state index contributed by atoms with van der Waals surface area (Å²) in [6, 6.07) is 4.75. The Kier molecular flexibility index (Phi) is 9.00. The first-order valence-corrected chi connectivity index (χ1v) is 10.7. The Morgan fingerprint density at radius 3 is 2.45 bits per heavy atom. The second-order valence-electron chi connectivity index (χ2n) is 8.06. The van der Waals surface area contributed by atoms with Crippen molar-refractivity contribution in [1.82, 2.24) is 0 Å². The Morgan fingerprint density at radius 1 is 1.19 bits per heavy atom. The molecule has 0 spiro atoms. The maximum absolute atomic E-state index is 13.0. The molecule has 0 bridgehead atoms. The van der Waals surface area contributed by atoms with Crippen molar-refractivity contribution < 1.29 is 32.2 Å². The normalized spacial score (nSPS) is 14.9. The second kappa shape index (κ2) is 11.2. The van der Waals surface area contributed by atoms with Gasteiger partial charge in [0, 0.05) is 18.7 Å². The quantitative estimate of drug-likeness (QED) is 0.548. The first-order valence-electron chi connectivity index (χ1n) is 10.7. The predicted molar refractivity (Wildman–Crippen MR) is 112 cm³/mol. The maximum atomic E-state index is 13.0. The third-order valence-electron chi connectivity index (χ3n) is 5.02. The summed E-state index contributed by atoms with van der Waals surface area (Å²) in [7, 11) is 0. The largest absolute Gasteiger partial charge is 0.482 e. The van der Waals surface area contributed by atoms with Gasteiger partial charge in [-0.05, 0) is 37.8 Å². The Morgan fingerprint density at radius 2 is 1.87 bits per heavy atom. The Bertz CT molecular complexity index is 747. The molecule has 9 heteroatoms. The number of anilines is 2. The van der Waals surface area contributed by atoms with Gasteiger partial charge < -0.3 is 19.7 Å². The lowest BCUT2D eigenvalue weighted by Gasteiger charge is -2.38. The van der Waals surface area contributed by atoms with E-state index in [2.05, 4.69) is 4.90 Å². The van der Waals surface area contributed by atoms with Crippen molar-refractivity contribution in [1.29, 1.82) is 0 Å². The van der Waals surface area contributed by atoms with Gasteiger partial charge in [-0.15, -0.1) is 0 Å². The van der Waals surface area contributed by atoms with Crippen LogP contribution in [0, 0.1) is 5.92 Å². The van der Waals surface area contributed by atoms with E-state index in [4.69, 9.17) is 9.47 Å². The van der Waals surface area contributed by atoms with Crippen LogP contribution in [0.2, 0.25) is 0 Å². The molecule has 1 saturated carbocycles. The molecule has 0 radical (unpaired) electrons. The fraction of sp³-hybridized carbons (Fsp3) is 0.636. The highest BCUT2D eigenvalue weighted by molar-refractivity contribution is 5.98. The van der Waals surface area contributed by atoms with E-state index in [9.17, 15) is 22.8 Å². The van der Waals surface area contributed by atoms with Crippen molar-refractivity contribution in [3.8, 4) is 5.75 Å². The molecule has 1 amide bonds. The fourth-order valence-corrected chi connectivity index (χ4v) is 3.72. The number of alkyl halides is 3. The monoisotopic (exact) mass is 444 g/mol. The predicted octanol–water partition coefficient (Wildman–Crippen LogP) is 4.92.